The number of esters is 1. The van der Waals surface area contributed by atoms with Gasteiger partial charge >= 0.3 is 5.97 Å². The third-order valence-corrected chi connectivity index (χ3v) is 3.56. The fraction of sp³-hybridized carbons (Fsp3) is 0.0556. The van der Waals surface area contributed by atoms with Gasteiger partial charge in [0.25, 0.3) is 0 Å². The summed E-state index contributed by atoms with van der Waals surface area (Å²) in [6.07, 6.45) is 1.35. The Kier molecular flexibility index (Phi) is 4.93. The normalized spacial score (nSPS) is 10.2. The Morgan fingerprint density at radius 2 is 1.46 bits per heavy atom. The van der Waals surface area contributed by atoms with Crippen molar-refractivity contribution in [2.24, 2.45) is 0 Å². The van der Waals surface area contributed by atoms with E-state index in [1.54, 1.807) is 36.4 Å². The van der Waals surface area contributed by atoms with Crippen molar-refractivity contribution < 1.29 is 13.9 Å². The fourth-order valence-electron chi connectivity index (χ4n) is 2.21. The van der Waals surface area contributed by atoms with Gasteiger partial charge in [0.15, 0.2) is 11.6 Å². The van der Waals surface area contributed by atoms with Crippen LogP contribution >= 0.6 is 0 Å². The van der Waals surface area contributed by atoms with Crippen molar-refractivity contribution in [2.75, 3.05) is 23.5 Å². The molecule has 0 atom stereocenters. The average Bonchev–Trinajstić information content (AvgIpc) is 2.66. The molecule has 3 aromatic rings. The van der Waals surface area contributed by atoms with Crippen molar-refractivity contribution in [3.8, 4) is 0 Å². The van der Waals surface area contributed by atoms with E-state index in [1.807, 2.05) is 0 Å². The molecule has 2 aromatic carbocycles. The van der Waals surface area contributed by atoms with E-state index in [-0.39, 0.29) is 5.82 Å². The zero-order chi connectivity index (χ0) is 18.5. The van der Waals surface area contributed by atoms with Crippen LogP contribution < -0.4 is 16.4 Å². The summed E-state index contributed by atoms with van der Waals surface area (Å²) in [7, 11) is 1.33. The minimum absolute atomic E-state index is 0.300. The van der Waals surface area contributed by atoms with E-state index in [4.69, 9.17) is 5.73 Å². The number of nitrogens with two attached hydrogens (primary N) is 1. The molecule has 132 valence electrons. The number of rotatable bonds is 5. The highest BCUT2D eigenvalue weighted by Gasteiger charge is 2.10. The second-order valence-corrected chi connectivity index (χ2v) is 5.31. The molecule has 1 heterocycles. The van der Waals surface area contributed by atoms with Crippen molar-refractivity contribution in [2.45, 2.75) is 0 Å². The number of hydrogen-bond acceptors (Lipinski definition) is 7. The lowest BCUT2D eigenvalue weighted by Crippen LogP contribution is -2.05. The van der Waals surface area contributed by atoms with E-state index in [1.165, 1.54) is 25.6 Å². The quantitative estimate of drug-likeness (QED) is 0.604. The predicted molar refractivity (Wildman–Crippen MR) is 97.2 cm³/mol. The number of halogens is 1. The van der Waals surface area contributed by atoms with Gasteiger partial charge < -0.3 is 21.1 Å². The number of methoxy groups -OCH3 is 1. The van der Waals surface area contributed by atoms with Crippen LogP contribution in [0.25, 0.3) is 0 Å². The highest BCUT2D eigenvalue weighted by Crippen LogP contribution is 2.28. The molecule has 1 aromatic heterocycles. The number of carbonyl (C=O) groups is 1. The molecule has 8 heteroatoms. The molecule has 0 bridgehead atoms. The van der Waals surface area contributed by atoms with Gasteiger partial charge in [0, 0.05) is 11.4 Å². The smallest absolute Gasteiger partial charge is 0.337 e. The summed E-state index contributed by atoms with van der Waals surface area (Å²) in [5.41, 5.74) is 8.18. The van der Waals surface area contributed by atoms with Crippen LogP contribution in [0, 0.1) is 5.82 Å². The molecule has 0 aliphatic rings. The molecule has 0 amide bonds. The lowest BCUT2D eigenvalue weighted by molar-refractivity contribution is 0.0601. The Morgan fingerprint density at radius 1 is 0.962 bits per heavy atom. The Balaban J connectivity index is 1.78. The van der Waals surface area contributed by atoms with Crippen molar-refractivity contribution >= 4 is 34.7 Å². The molecule has 7 nitrogen and oxygen atoms in total. The lowest BCUT2D eigenvalue weighted by atomic mass is 10.2. The molecule has 4 N–H and O–H groups in total. The van der Waals surface area contributed by atoms with Crippen LogP contribution in [0.3, 0.4) is 0 Å². The summed E-state index contributed by atoms with van der Waals surface area (Å²) in [6, 6.07) is 12.5. The van der Waals surface area contributed by atoms with Crippen LogP contribution in [-0.2, 0) is 4.74 Å². The van der Waals surface area contributed by atoms with Crippen molar-refractivity contribution in [3.05, 3.63) is 66.2 Å². The number of benzene rings is 2. The summed E-state index contributed by atoms with van der Waals surface area (Å²) in [4.78, 5) is 19.7. The first kappa shape index (κ1) is 17.2. The number of nitrogens with zero attached hydrogens (tertiary/aromatic N) is 2. The van der Waals surface area contributed by atoms with Gasteiger partial charge in [0.05, 0.1) is 12.7 Å². The SMILES string of the molecule is COC(=O)c1ccc(Nc2ncnc(Nc3ccc(F)cc3)c2N)cc1. The van der Waals surface area contributed by atoms with Crippen LogP contribution in [0.1, 0.15) is 10.4 Å². The molecular formula is C18H16FN5O2. The Bertz CT molecular complexity index is 914. The van der Waals surface area contributed by atoms with Gasteiger partial charge in [-0.15, -0.1) is 0 Å². The summed E-state index contributed by atoms with van der Waals surface area (Å²) in [5, 5.41) is 6.08. The van der Waals surface area contributed by atoms with Gasteiger partial charge in [-0.05, 0) is 48.5 Å². The molecule has 0 spiro atoms. The molecule has 0 unspecified atom stereocenters. The lowest BCUT2D eigenvalue weighted by Gasteiger charge is -2.12. The van der Waals surface area contributed by atoms with Crippen molar-refractivity contribution in [1.82, 2.24) is 9.97 Å². The number of aromatic nitrogens is 2. The van der Waals surface area contributed by atoms with E-state index in [0.717, 1.165) is 0 Å². The number of hydrogen-bond donors (Lipinski definition) is 3. The van der Waals surface area contributed by atoms with Crippen LogP contribution in [0.4, 0.5) is 33.1 Å². The molecule has 0 fully saturated rings. The number of anilines is 5. The third-order valence-electron chi connectivity index (χ3n) is 3.56. The summed E-state index contributed by atoms with van der Waals surface area (Å²) in [6.45, 7) is 0. The second kappa shape index (κ2) is 7.47. The first-order valence-electron chi connectivity index (χ1n) is 7.65. The molecule has 26 heavy (non-hydrogen) atoms. The highest BCUT2D eigenvalue weighted by molar-refractivity contribution is 5.90. The minimum atomic E-state index is -0.413. The third kappa shape index (κ3) is 3.86. The van der Waals surface area contributed by atoms with E-state index in [0.29, 0.717) is 34.3 Å². The zero-order valence-corrected chi connectivity index (χ0v) is 13.9. The Hall–Kier alpha value is -3.68. The Labute approximate surface area is 149 Å². The molecular weight excluding hydrogens is 337 g/mol. The maximum atomic E-state index is 13.0. The van der Waals surface area contributed by atoms with E-state index in [2.05, 4.69) is 25.3 Å². The Morgan fingerprint density at radius 3 is 1.96 bits per heavy atom. The van der Waals surface area contributed by atoms with Gasteiger partial charge in [0.1, 0.15) is 17.8 Å². The molecule has 3 rings (SSSR count). The van der Waals surface area contributed by atoms with Crippen LogP contribution in [0.2, 0.25) is 0 Å². The predicted octanol–water partition coefficient (Wildman–Crippen LogP) is 3.47. The minimum Gasteiger partial charge on any atom is -0.465 e. The van der Waals surface area contributed by atoms with Gasteiger partial charge in [-0.25, -0.2) is 19.2 Å². The fourth-order valence-corrected chi connectivity index (χ4v) is 2.21. The molecule has 0 saturated carbocycles. The van der Waals surface area contributed by atoms with Gasteiger partial charge in [-0.1, -0.05) is 0 Å². The van der Waals surface area contributed by atoms with Crippen LogP contribution in [0.15, 0.2) is 54.9 Å². The number of carbonyl (C=O) groups excluding carboxylic acids is 1. The maximum absolute atomic E-state index is 13.0. The first-order chi connectivity index (χ1) is 12.6. The van der Waals surface area contributed by atoms with Crippen LogP contribution in [0.5, 0.6) is 0 Å². The monoisotopic (exact) mass is 353 g/mol. The first-order valence-corrected chi connectivity index (χ1v) is 7.65. The van der Waals surface area contributed by atoms with E-state index < -0.39 is 5.97 Å². The number of nitrogen functional groups attached to an aromatic ring is 1. The zero-order valence-electron chi connectivity index (χ0n) is 13.9. The summed E-state index contributed by atoms with van der Waals surface area (Å²) < 4.78 is 17.7. The van der Waals surface area contributed by atoms with E-state index >= 15 is 0 Å². The molecule has 0 aliphatic heterocycles. The molecule has 0 saturated heterocycles. The van der Waals surface area contributed by atoms with Gasteiger partial charge in [-0.3, -0.25) is 0 Å². The van der Waals surface area contributed by atoms with Crippen molar-refractivity contribution in [1.29, 1.82) is 0 Å². The standard InChI is InChI=1S/C18H16FN5O2/c1-26-18(25)11-2-6-13(7-3-11)23-16-15(20)17(22-10-21-16)24-14-8-4-12(19)5-9-14/h2-10H,20H2,1H3,(H2,21,22,23,24). The molecule has 0 radical (unpaired) electrons. The van der Waals surface area contributed by atoms with Crippen molar-refractivity contribution in [3.63, 3.8) is 0 Å². The number of nitrogens with one attached hydrogen (secondary N) is 2. The average molecular weight is 353 g/mol. The largest absolute Gasteiger partial charge is 0.465 e. The van der Waals surface area contributed by atoms with Crippen LogP contribution in [-0.4, -0.2) is 23.0 Å². The second-order valence-electron chi connectivity index (χ2n) is 5.31. The summed E-state index contributed by atoms with van der Waals surface area (Å²) >= 11 is 0. The summed E-state index contributed by atoms with van der Waals surface area (Å²) in [5.74, 6) is 0.0450. The van der Waals surface area contributed by atoms with Gasteiger partial charge in [0.2, 0.25) is 0 Å². The van der Waals surface area contributed by atoms with E-state index in [9.17, 15) is 9.18 Å². The van der Waals surface area contributed by atoms with Gasteiger partial charge in [-0.2, -0.15) is 0 Å². The number of ether oxygens (including phenoxy) is 1. The maximum Gasteiger partial charge on any atom is 0.337 e. The molecule has 0 aliphatic carbocycles. The highest BCUT2D eigenvalue weighted by atomic mass is 19.1. The topological polar surface area (TPSA) is 102 Å².